The van der Waals surface area contributed by atoms with E-state index >= 15 is 0 Å². The lowest BCUT2D eigenvalue weighted by Crippen LogP contribution is -2.27. The van der Waals surface area contributed by atoms with E-state index in [9.17, 15) is 0 Å². The van der Waals surface area contributed by atoms with Gasteiger partial charge in [-0.05, 0) is 43.1 Å². The standard InChI is InChI=1S/C12H16BrNO/c1-15-9-5-6-11(13)10(8-9)12-4-2-3-7-14-12/h5-6,8,12,14H,2-4,7H2,1H3/t12-/m1/s1. The Morgan fingerprint density at radius 1 is 1.40 bits per heavy atom. The molecular formula is C12H16BrNO. The summed E-state index contributed by atoms with van der Waals surface area (Å²) in [6, 6.07) is 6.64. The summed E-state index contributed by atoms with van der Waals surface area (Å²) < 4.78 is 6.42. The number of benzene rings is 1. The van der Waals surface area contributed by atoms with Gasteiger partial charge in [-0.1, -0.05) is 22.4 Å². The van der Waals surface area contributed by atoms with Gasteiger partial charge < -0.3 is 10.1 Å². The average Bonchev–Trinajstić information content (AvgIpc) is 2.31. The van der Waals surface area contributed by atoms with Gasteiger partial charge in [0.15, 0.2) is 0 Å². The summed E-state index contributed by atoms with van der Waals surface area (Å²) in [4.78, 5) is 0. The van der Waals surface area contributed by atoms with Gasteiger partial charge >= 0.3 is 0 Å². The Labute approximate surface area is 99.1 Å². The fourth-order valence-corrected chi connectivity index (χ4v) is 2.56. The van der Waals surface area contributed by atoms with Crippen LogP contribution in [0.3, 0.4) is 0 Å². The van der Waals surface area contributed by atoms with Crippen LogP contribution < -0.4 is 10.1 Å². The molecule has 0 amide bonds. The minimum Gasteiger partial charge on any atom is -0.497 e. The van der Waals surface area contributed by atoms with Crippen LogP contribution in [-0.2, 0) is 0 Å². The Kier molecular flexibility index (Phi) is 3.65. The third-order valence-electron chi connectivity index (χ3n) is 2.89. The average molecular weight is 270 g/mol. The zero-order chi connectivity index (χ0) is 10.7. The summed E-state index contributed by atoms with van der Waals surface area (Å²) in [7, 11) is 1.71. The quantitative estimate of drug-likeness (QED) is 0.890. The Bertz CT molecular complexity index is 334. The van der Waals surface area contributed by atoms with Crippen molar-refractivity contribution in [2.75, 3.05) is 13.7 Å². The van der Waals surface area contributed by atoms with Crippen molar-refractivity contribution in [1.29, 1.82) is 0 Å². The third-order valence-corrected chi connectivity index (χ3v) is 3.61. The molecule has 2 nitrogen and oxygen atoms in total. The molecule has 1 aromatic rings. The number of methoxy groups -OCH3 is 1. The summed E-state index contributed by atoms with van der Waals surface area (Å²) in [6.07, 6.45) is 3.81. The molecule has 1 fully saturated rings. The maximum atomic E-state index is 5.25. The second kappa shape index (κ2) is 4.99. The number of halogens is 1. The number of hydrogen-bond donors (Lipinski definition) is 1. The van der Waals surface area contributed by atoms with Crippen LogP contribution in [0.25, 0.3) is 0 Å². The monoisotopic (exact) mass is 269 g/mol. The molecule has 1 saturated heterocycles. The van der Waals surface area contributed by atoms with E-state index in [1.807, 2.05) is 6.07 Å². The largest absolute Gasteiger partial charge is 0.497 e. The molecule has 0 radical (unpaired) electrons. The fraction of sp³-hybridized carbons (Fsp3) is 0.500. The smallest absolute Gasteiger partial charge is 0.119 e. The molecule has 1 aliphatic heterocycles. The minimum atomic E-state index is 0.475. The van der Waals surface area contributed by atoms with Gasteiger partial charge in [0.05, 0.1) is 7.11 Å². The second-order valence-corrected chi connectivity index (χ2v) is 4.74. The zero-order valence-corrected chi connectivity index (χ0v) is 10.5. The van der Waals surface area contributed by atoms with E-state index in [0.717, 1.165) is 12.3 Å². The van der Waals surface area contributed by atoms with Crippen molar-refractivity contribution in [3.05, 3.63) is 28.2 Å². The highest BCUT2D eigenvalue weighted by atomic mass is 79.9. The van der Waals surface area contributed by atoms with Gasteiger partial charge in [0, 0.05) is 10.5 Å². The Morgan fingerprint density at radius 3 is 2.93 bits per heavy atom. The van der Waals surface area contributed by atoms with Gasteiger partial charge in [-0.2, -0.15) is 0 Å². The first-order chi connectivity index (χ1) is 7.31. The van der Waals surface area contributed by atoms with Gasteiger partial charge in [-0.15, -0.1) is 0 Å². The van der Waals surface area contributed by atoms with Crippen molar-refractivity contribution >= 4 is 15.9 Å². The highest BCUT2D eigenvalue weighted by molar-refractivity contribution is 9.10. The minimum absolute atomic E-state index is 0.475. The summed E-state index contributed by atoms with van der Waals surface area (Å²) >= 11 is 3.60. The van der Waals surface area contributed by atoms with Crippen molar-refractivity contribution in [2.45, 2.75) is 25.3 Å². The van der Waals surface area contributed by atoms with Crippen molar-refractivity contribution < 1.29 is 4.74 Å². The van der Waals surface area contributed by atoms with Crippen LogP contribution in [0.1, 0.15) is 30.9 Å². The predicted molar refractivity (Wildman–Crippen MR) is 65.3 cm³/mol. The van der Waals surface area contributed by atoms with Crippen molar-refractivity contribution in [1.82, 2.24) is 5.32 Å². The molecule has 1 aliphatic rings. The number of ether oxygens (including phenoxy) is 1. The van der Waals surface area contributed by atoms with Crippen LogP contribution in [0.2, 0.25) is 0 Å². The van der Waals surface area contributed by atoms with Crippen LogP contribution in [0.15, 0.2) is 22.7 Å². The predicted octanol–water partition coefficient (Wildman–Crippen LogP) is 3.27. The molecule has 0 spiro atoms. The summed E-state index contributed by atoms with van der Waals surface area (Å²) in [5.41, 5.74) is 1.31. The lowest BCUT2D eigenvalue weighted by atomic mass is 9.97. The topological polar surface area (TPSA) is 21.3 Å². The number of nitrogens with one attached hydrogen (secondary N) is 1. The van der Waals surface area contributed by atoms with Crippen LogP contribution in [0, 0.1) is 0 Å². The van der Waals surface area contributed by atoms with Crippen LogP contribution in [-0.4, -0.2) is 13.7 Å². The summed E-state index contributed by atoms with van der Waals surface area (Å²) in [5.74, 6) is 0.931. The van der Waals surface area contributed by atoms with Crippen molar-refractivity contribution in [2.24, 2.45) is 0 Å². The van der Waals surface area contributed by atoms with E-state index in [2.05, 4.69) is 33.4 Å². The lowest BCUT2D eigenvalue weighted by Gasteiger charge is -2.25. The highest BCUT2D eigenvalue weighted by Gasteiger charge is 2.17. The van der Waals surface area contributed by atoms with Gasteiger partial charge in [-0.25, -0.2) is 0 Å². The first-order valence-electron chi connectivity index (χ1n) is 5.38. The summed E-state index contributed by atoms with van der Waals surface area (Å²) in [5, 5.41) is 3.54. The van der Waals surface area contributed by atoms with Gasteiger partial charge in [0.1, 0.15) is 5.75 Å². The zero-order valence-electron chi connectivity index (χ0n) is 8.92. The maximum absolute atomic E-state index is 5.25. The molecule has 0 unspecified atom stereocenters. The van der Waals surface area contributed by atoms with E-state index in [1.165, 1.54) is 29.3 Å². The van der Waals surface area contributed by atoms with E-state index < -0.39 is 0 Å². The van der Waals surface area contributed by atoms with Crippen molar-refractivity contribution in [3.63, 3.8) is 0 Å². The molecular weight excluding hydrogens is 254 g/mol. The molecule has 1 heterocycles. The van der Waals surface area contributed by atoms with Crippen molar-refractivity contribution in [3.8, 4) is 5.75 Å². The first-order valence-corrected chi connectivity index (χ1v) is 6.17. The number of piperidine rings is 1. The lowest BCUT2D eigenvalue weighted by molar-refractivity contribution is 0.399. The molecule has 0 bridgehead atoms. The highest BCUT2D eigenvalue weighted by Crippen LogP contribution is 2.31. The van der Waals surface area contributed by atoms with Crippen LogP contribution in [0.4, 0.5) is 0 Å². The van der Waals surface area contributed by atoms with Gasteiger partial charge in [0.25, 0.3) is 0 Å². The maximum Gasteiger partial charge on any atom is 0.119 e. The Hall–Kier alpha value is -0.540. The van der Waals surface area contributed by atoms with Crippen LogP contribution in [0.5, 0.6) is 5.75 Å². The van der Waals surface area contributed by atoms with E-state index in [-0.39, 0.29) is 0 Å². The van der Waals surface area contributed by atoms with E-state index in [1.54, 1.807) is 7.11 Å². The fourth-order valence-electron chi connectivity index (χ4n) is 2.03. The summed E-state index contributed by atoms with van der Waals surface area (Å²) in [6.45, 7) is 1.12. The number of rotatable bonds is 2. The normalized spacial score (nSPS) is 21.3. The Morgan fingerprint density at radius 2 is 2.27 bits per heavy atom. The molecule has 0 saturated carbocycles. The third kappa shape index (κ3) is 2.52. The second-order valence-electron chi connectivity index (χ2n) is 3.89. The molecule has 1 atom stereocenters. The van der Waals surface area contributed by atoms with E-state index in [0.29, 0.717) is 6.04 Å². The molecule has 0 aromatic heterocycles. The molecule has 1 aromatic carbocycles. The van der Waals surface area contributed by atoms with E-state index in [4.69, 9.17) is 4.74 Å². The van der Waals surface area contributed by atoms with Crippen LogP contribution >= 0.6 is 15.9 Å². The molecule has 82 valence electrons. The molecule has 0 aliphatic carbocycles. The molecule has 15 heavy (non-hydrogen) atoms. The Balaban J connectivity index is 2.24. The van der Waals surface area contributed by atoms with Gasteiger partial charge in [0.2, 0.25) is 0 Å². The van der Waals surface area contributed by atoms with Gasteiger partial charge in [-0.3, -0.25) is 0 Å². The molecule has 1 N–H and O–H groups in total. The first kappa shape index (κ1) is 11.0. The SMILES string of the molecule is COc1ccc(Br)c([C@H]2CCCCN2)c1. The molecule has 2 rings (SSSR count). The molecule has 3 heteroatoms. The number of hydrogen-bond acceptors (Lipinski definition) is 2.